The lowest BCUT2D eigenvalue weighted by molar-refractivity contribution is -0.147. The van der Waals surface area contributed by atoms with Gasteiger partial charge in [0.25, 0.3) is 0 Å². The van der Waals surface area contributed by atoms with Gasteiger partial charge in [-0.05, 0) is 43.9 Å². The minimum atomic E-state index is -0.248. The molecular weight excluding hydrogens is 382 g/mol. The summed E-state index contributed by atoms with van der Waals surface area (Å²) in [6, 6.07) is -0.109. The number of likely N-dealkylation sites (tertiary alicyclic amines) is 2. The second kappa shape index (κ2) is 6.75. The number of aryl methyl sites for hydroxylation is 1. The maximum Gasteiger partial charge on any atom is 0.243 e. The largest absolute Gasteiger partial charge is 0.331 e. The van der Waals surface area contributed by atoms with Crippen LogP contribution in [0.25, 0.3) is 0 Å². The van der Waals surface area contributed by atoms with E-state index >= 15 is 0 Å². The van der Waals surface area contributed by atoms with E-state index in [0.29, 0.717) is 6.54 Å². The van der Waals surface area contributed by atoms with Gasteiger partial charge >= 0.3 is 0 Å². The van der Waals surface area contributed by atoms with Gasteiger partial charge in [0.05, 0.1) is 17.9 Å². The molecule has 8 nitrogen and oxygen atoms in total. The van der Waals surface area contributed by atoms with Gasteiger partial charge in [0.15, 0.2) is 5.82 Å². The fourth-order valence-electron chi connectivity index (χ4n) is 6.43. The Kier molecular flexibility index (Phi) is 4.11. The Bertz CT molecular complexity index is 923. The number of nitrogens with zero attached hydrogens (tertiary/aromatic N) is 5. The zero-order chi connectivity index (χ0) is 20.4. The molecule has 1 saturated carbocycles. The predicted molar refractivity (Wildman–Crippen MR) is 106 cm³/mol. The number of carbonyl (C=O) groups is 3. The van der Waals surface area contributed by atoms with Crippen LogP contribution in [0.15, 0.2) is 12.2 Å². The molecule has 5 atom stereocenters. The van der Waals surface area contributed by atoms with Crippen molar-refractivity contribution >= 4 is 17.7 Å². The van der Waals surface area contributed by atoms with E-state index in [1.165, 1.54) is 11.3 Å². The summed E-state index contributed by atoms with van der Waals surface area (Å²) < 4.78 is 2.20. The topological polar surface area (TPSA) is 88.4 Å². The number of imide groups is 1. The van der Waals surface area contributed by atoms with Gasteiger partial charge in [-0.15, -0.1) is 10.2 Å². The van der Waals surface area contributed by atoms with Gasteiger partial charge in [-0.2, -0.15) is 0 Å². The van der Waals surface area contributed by atoms with Crippen molar-refractivity contribution in [1.29, 1.82) is 0 Å². The number of amides is 3. The highest BCUT2D eigenvalue weighted by Gasteiger charge is 2.59. The second-order valence-electron chi connectivity index (χ2n) is 9.44. The number of hydrogen-bond acceptors (Lipinski definition) is 5. The van der Waals surface area contributed by atoms with Gasteiger partial charge in [-0.3, -0.25) is 19.3 Å². The van der Waals surface area contributed by atoms with Crippen molar-refractivity contribution in [3.8, 4) is 0 Å². The Morgan fingerprint density at radius 2 is 1.73 bits per heavy atom. The molecule has 4 heterocycles. The molecule has 2 saturated heterocycles. The van der Waals surface area contributed by atoms with Crippen molar-refractivity contribution in [2.75, 3.05) is 13.1 Å². The smallest absolute Gasteiger partial charge is 0.243 e. The standard InChI is InChI=1S/C22H27N5O3/c28-17(12-27-21(29)18-13-7-8-14(11-13)19(18)22(27)30)25-10-4-5-15(25)20-24-23-16-6-2-1-3-9-26(16)20/h7-8,13-15,18-19H,1-6,9-12H2. The number of fused-ring (bicyclic) bond motifs is 6. The molecule has 8 heteroatoms. The normalized spacial score (nSPS) is 34.6. The van der Waals surface area contributed by atoms with E-state index in [1.807, 2.05) is 4.90 Å². The minimum absolute atomic E-state index is 0.109. The van der Waals surface area contributed by atoms with Crippen LogP contribution in [0.1, 0.15) is 56.2 Å². The molecular formula is C22H27N5O3. The summed E-state index contributed by atoms with van der Waals surface area (Å²) in [5.74, 6) is 1.28. The van der Waals surface area contributed by atoms with Crippen LogP contribution < -0.4 is 0 Å². The lowest BCUT2D eigenvalue weighted by atomic mass is 9.85. The highest BCUT2D eigenvalue weighted by molar-refractivity contribution is 6.08. The van der Waals surface area contributed by atoms with Gasteiger partial charge in [-0.1, -0.05) is 18.6 Å². The molecule has 158 valence electrons. The maximum atomic E-state index is 13.2. The maximum absolute atomic E-state index is 13.2. The zero-order valence-electron chi connectivity index (χ0n) is 17.1. The summed E-state index contributed by atoms with van der Waals surface area (Å²) in [5.41, 5.74) is 0. The molecule has 3 amide bonds. The summed E-state index contributed by atoms with van der Waals surface area (Å²) in [6.45, 7) is 1.40. The Labute approximate surface area is 175 Å². The molecule has 0 N–H and O–H groups in total. The highest BCUT2D eigenvalue weighted by Crippen LogP contribution is 2.52. The number of carbonyl (C=O) groups excluding carboxylic acids is 3. The summed E-state index contributed by atoms with van der Waals surface area (Å²) in [6.07, 6.45) is 11.2. The first-order valence-electron chi connectivity index (χ1n) is 11.4. The molecule has 6 rings (SSSR count). The molecule has 5 unspecified atom stereocenters. The molecule has 0 spiro atoms. The molecule has 2 aliphatic carbocycles. The second-order valence-corrected chi connectivity index (χ2v) is 9.44. The van der Waals surface area contributed by atoms with E-state index in [-0.39, 0.29) is 54.0 Å². The highest BCUT2D eigenvalue weighted by atomic mass is 16.2. The quantitative estimate of drug-likeness (QED) is 0.557. The van der Waals surface area contributed by atoms with Gasteiger partial charge in [0, 0.05) is 19.5 Å². The first kappa shape index (κ1) is 18.3. The Hall–Kier alpha value is -2.51. The van der Waals surface area contributed by atoms with Crippen molar-refractivity contribution in [3.63, 3.8) is 0 Å². The SMILES string of the molecule is O=C1C2C3C=CC(C3)C2C(=O)N1CC(=O)N1CCCC1c1nnc2n1CCCCC2. The Balaban J connectivity index is 1.21. The molecule has 0 radical (unpaired) electrons. The summed E-state index contributed by atoms with van der Waals surface area (Å²) in [7, 11) is 0. The van der Waals surface area contributed by atoms with Crippen molar-refractivity contribution in [2.45, 2.75) is 57.5 Å². The van der Waals surface area contributed by atoms with Crippen LogP contribution in [0.5, 0.6) is 0 Å². The molecule has 5 aliphatic rings. The summed E-state index contributed by atoms with van der Waals surface area (Å²) >= 11 is 0. The third kappa shape index (κ3) is 2.55. The van der Waals surface area contributed by atoms with E-state index < -0.39 is 0 Å². The van der Waals surface area contributed by atoms with Crippen molar-refractivity contribution < 1.29 is 14.4 Å². The number of hydrogen-bond donors (Lipinski definition) is 0. The molecule has 1 aromatic heterocycles. The summed E-state index contributed by atoms with van der Waals surface area (Å²) in [4.78, 5) is 42.2. The van der Waals surface area contributed by atoms with Crippen LogP contribution in [0, 0.1) is 23.7 Å². The predicted octanol–water partition coefficient (Wildman–Crippen LogP) is 1.48. The zero-order valence-corrected chi connectivity index (χ0v) is 17.1. The monoisotopic (exact) mass is 409 g/mol. The number of rotatable bonds is 3. The Morgan fingerprint density at radius 1 is 0.967 bits per heavy atom. The first-order chi connectivity index (χ1) is 14.6. The van der Waals surface area contributed by atoms with E-state index in [2.05, 4.69) is 26.9 Å². The molecule has 2 bridgehead atoms. The van der Waals surface area contributed by atoms with Gasteiger partial charge in [0.2, 0.25) is 17.7 Å². The van der Waals surface area contributed by atoms with Gasteiger partial charge in [-0.25, -0.2) is 0 Å². The van der Waals surface area contributed by atoms with E-state index in [1.54, 1.807) is 0 Å². The van der Waals surface area contributed by atoms with E-state index in [0.717, 1.165) is 56.7 Å². The first-order valence-corrected chi connectivity index (χ1v) is 11.4. The Morgan fingerprint density at radius 3 is 2.50 bits per heavy atom. The molecule has 30 heavy (non-hydrogen) atoms. The van der Waals surface area contributed by atoms with Crippen molar-refractivity contribution in [1.82, 2.24) is 24.6 Å². The number of aromatic nitrogens is 3. The minimum Gasteiger partial charge on any atom is -0.331 e. The lowest BCUT2D eigenvalue weighted by Crippen LogP contribution is -2.44. The fourth-order valence-corrected chi connectivity index (χ4v) is 6.43. The molecule has 1 aromatic rings. The number of allylic oxidation sites excluding steroid dienone is 2. The van der Waals surface area contributed by atoms with Crippen LogP contribution in [-0.4, -0.2) is 55.4 Å². The van der Waals surface area contributed by atoms with E-state index in [4.69, 9.17) is 0 Å². The van der Waals surface area contributed by atoms with Gasteiger partial charge in [0.1, 0.15) is 12.4 Å². The molecule has 0 aromatic carbocycles. The van der Waals surface area contributed by atoms with E-state index in [9.17, 15) is 14.4 Å². The average molecular weight is 409 g/mol. The van der Waals surface area contributed by atoms with Crippen LogP contribution in [-0.2, 0) is 27.3 Å². The summed E-state index contributed by atoms with van der Waals surface area (Å²) in [5, 5.41) is 8.85. The third-order valence-electron chi connectivity index (χ3n) is 7.86. The molecule has 3 aliphatic heterocycles. The van der Waals surface area contributed by atoms with Crippen molar-refractivity contribution in [3.05, 3.63) is 23.8 Å². The fraction of sp³-hybridized carbons (Fsp3) is 0.682. The van der Waals surface area contributed by atoms with Gasteiger partial charge < -0.3 is 9.47 Å². The third-order valence-corrected chi connectivity index (χ3v) is 7.86. The van der Waals surface area contributed by atoms with Crippen LogP contribution in [0.2, 0.25) is 0 Å². The van der Waals surface area contributed by atoms with Crippen molar-refractivity contribution in [2.24, 2.45) is 23.7 Å². The lowest BCUT2D eigenvalue weighted by Gasteiger charge is -2.27. The van der Waals surface area contributed by atoms with Crippen LogP contribution >= 0.6 is 0 Å². The average Bonchev–Trinajstić information content (AvgIpc) is 3.54. The van der Waals surface area contributed by atoms with Crippen LogP contribution in [0.3, 0.4) is 0 Å². The van der Waals surface area contributed by atoms with Crippen LogP contribution in [0.4, 0.5) is 0 Å². The molecule has 3 fully saturated rings.